The lowest BCUT2D eigenvalue weighted by Gasteiger charge is -2.09. The molecule has 1 amide bonds. The smallest absolute Gasteiger partial charge is 0.405 e. The number of fused-ring (bicyclic) bond motifs is 1. The van der Waals surface area contributed by atoms with E-state index in [1.807, 2.05) is 0 Å². The minimum Gasteiger partial charge on any atom is -0.484 e. The Hall–Kier alpha value is -2.51. The summed E-state index contributed by atoms with van der Waals surface area (Å²) in [5.74, 6) is -0.694. The molecule has 0 bridgehead atoms. The molecule has 1 heterocycles. The molecule has 0 aliphatic carbocycles. The van der Waals surface area contributed by atoms with Gasteiger partial charge in [-0.25, -0.2) is 4.79 Å². The van der Waals surface area contributed by atoms with E-state index < -0.39 is 30.9 Å². The number of carbonyl (C=O) groups excluding carboxylic acids is 1. The third-order valence-electron chi connectivity index (χ3n) is 2.45. The van der Waals surface area contributed by atoms with Gasteiger partial charge in [0.2, 0.25) is 0 Å². The molecule has 21 heavy (non-hydrogen) atoms. The standard InChI is InChI=1S/C13H10F3NO4/c14-13(15,16)7-17-11(18)6-20-9-3-1-8-2-4-12(19)21-10(8)5-9/h1-5H,6-7H2,(H,17,18). The monoisotopic (exact) mass is 301 g/mol. The highest BCUT2D eigenvalue weighted by Gasteiger charge is 2.27. The first kappa shape index (κ1) is 14.9. The molecule has 0 fully saturated rings. The highest BCUT2D eigenvalue weighted by molar-refractivity contribution is 5.79. The van der Waals surface area contributed by atoms with Crippen LogP contribution in [0.15, 0.2) is 39.5 Å². The number of carbonyl (C=O) groups is 1. The Morgan fingerprint density at radius 2 is 1.95 bits per heavy atom. The van der Waals surface area contributed by atoms with Crippen LogP contribution in [0.25, 0.3) is 11.0 Å². The van der Waals surface area contributed by atoms with E-state index in [9.17, 15) is 22.8 Å². The van der Waals surface area contributed by atoms with Gasteiger partial charge in [-0.15, -0.1) is 0 Å². The van der Waals surface area contributed by atoms with Crippen LogP contribution in [-0.4, -0.2) is 25.2 Å². The number of amides is 1. The molecule has 0 atom stereocenters. The average Bonchev–Trinajstić information content (AvgIpc) is 2.41. The SMILES string of the molecule is O=C(COc1ccc2ccc(=O)oc2c1)NCC(F)(F)F. The van der Waals surface area contributed by atoms with Crippen molar-refractivity contribution in [1.82, 2.24) is 5.32 Å². The predicted octanol–water partition coefficient (Wildman–Crippen LogP) is 1.85. The van der Waals surface area contributed by atoms with Crippen LogP contribution in [0.4, 0.5) is 13.2 Å². The molecule has 1 N–H and O–H groups in total. The average molecular weight is 301 g/mol. The van der Waals surface area contributed by atoms with Gasteiger partial charge >= 0.3 is 11.8 Å². The van der Waals surface area contributed by atoms with E-state index in [0.717, 1.165) is 0 Å². The van der Waals surface area contributed by atoms with Crippen LogP contribution in [0.1, 0.15) is 0 Å². The minimum atomic E-state index is -4.47. The van der Waals surface area contributed by atoms with Crippen LogP contribution in [-0.2, 0) is 4.79 Å². The van der Waals surface area contributed by atoms with E-state index in [4.69, 9.17) is 9.15 Å². The molecule has 0 unspecified atom stereocenters. The van der Waals surface area contributed by atoms with Gasteiger partial charge in [-0.1, -0.05) is 0 Å². The van der Waals surface area contributed by atoms with Crippen LogP contribution < -0.4 is 15.7 Å². The minimum absolute atomic E-state index is 0.207. The van der Waals surface area contributed by atoms with Crippen LogP contribution >= 0.6 is 0 Å². The Morgan fingerprint density at radius 3 is 2.67 bits per heavy atom. The number of halogens is 3. The first-order valence-corrected chi connectivity index (χ1v) is 5.84. The molecule has 1 aromatic carbocycles. The van der Waals surface area contributed by atoms with Crippen LogP contribution in [0.2, 0.25) is 0 Å². The van der Waals surface area contributed by atoms with Gasteiger partial charge in [0, 0.05) is 17.5 Å². The Balaban J connectivity index is 1.97. The topological polar surface area (TPSA) is 68.5 Å². The molecule has 0 saturated carbocycles. The van der Waals surface area contributed by atoms with Crippen molar-refractivity contribution in [2.45, 2.75) is 6.18 Å². The van der Waals surface area contributed by atoms with Crippen molar-refractivity contribution in [3.63, 3.8) is 0 Å². The molecule has 0 aliphatic heterocycles. The molecule has 1 aromatic heterocycles. The quantitative estimate of drug-likeness (QED) is 0.875. The first-order chi connectivity index (χ1) is 9.83. The summed E-state index contributed by atoms with van der Waals surface area (Å²) in [5.41, 5.74) is -0.279. The summed E-state index contributed by atoms with van der Waals surface area (Å²) in [4.78, 5) is 22.2. The lowest BCUT2D eigenvalue weighted by atomic mass is 10.2. The number of alkyl halides is 3. The molecule has 0 radical (unpaired) electrons. The number of hydrogen-bond donors (Lipinski definition) is 1. The second kappa shape index (κ2) is 5.86. The molecule has 8 heteroatoms. The summed E-state index contributed by atoms with van der Waals surface area (Å²) >= 11 is 0. The number of benzene rings is 1. The Kier molecular flexibility index (Phi) is 4.15. The van der Waals surface area contributed by atoms with Crippen molar-refractivity contribution < 1.29 is 27.1 Å². The van der Waals surface area contributed by atoms with Gasteiger partial charge in [0.05, 0.1) is 0 Å². The summed E-state index contributed by atoms with van der Waals surface area (Å²) in [7, 11) is 0. The molecule has 5 nitrogen and oxygen atoms in total. The van der Waals surface area contributed by atoms with Crippen molar-refractivity contribution >= 4 is 16.9 Å². The van der Waals surface area contributed by atoms with Gasteiger partial charge in [-0.2, -0.15) is 13.2 Å². The number of rotatable bonds is 4. The van der Waals surface area contributed by atoms with E-state index >= 15 is 0 Å². The molecule has 2 rings (SSSR count). The fourth-order valence-electron chi connectivity index (χ4n) is 1.53. The second-order valence-corrected chi connectivity index (χ2v) is 4.13. The van der Waals surface area contributed by atoms with Crippen LogP contribution in [0.3, 0.4) is 0 Å². The van der Waals surface area contributed by atoms with E-state index in [1.165, 1.54) is 18.2 Å². The normalized spacial score (nSPS) is 11.4. The van der Waals surface area contributed by atoms with Gasteiger partial charge in [0.25, 0.3) is 5.91 Å². The van der Waals surface area contributed by atoms with Crippen LogP contribution in [0, 0.1) is 0 Å². The molecule has 0 spiro atoms. The first-order valence-electron chi connectivity index (χ1n) is 5.84. The number of nitrogens with one attached hydrogen (secondary N) is 1. The van der Waals surface area contributed by atoms with Crippen molar-refractivity contribution in [3.8, 4) is 5.75 Å². The molecule has 0 aliphatic rings. The maximum Gasteiger partial charge on any atom is 0.405 e. The highest BCUT2D eigenvalue weighted by atomic mass is 19.4. The van der Waals surface area contributed by atoms with E-state index in [2.05, 4.69) is 0 Å². The van der Waals surface area contributed by atoms with E-state index in [1.54, 1.807) is 17.4 Å². The Labute approximate surface area is 116 Å². The molecule has 2 aromatic rings. The van der Waals surface area contributed by atoms with Crippen molar-refractivity contribution in [2.75, 3.05) is 13.2 Å². The van der Waals surface area contributed by atoms with Gasteiger partial charge in [-0.05, 0) is 18.2 Å². The maximum atomic E-state index is 11.9. The van der Waals surface area contributed by atoms with Gasteiger partial charge < -0.3 is 14.5 Å². The van der Waals surface area contributed by atoms with Gasteiger partial charge in [0.15, 0.2) is 6.61 Å². The van der Waals surface area contributed by atoms with E-state index in [0.29, 0.717) is 5.39 Å². The molecule has 112 valence electrons. The number of ether oxygens (including phenoxy) is 1. The van der Waals surface area contributed by atoms with Gasteiger partial charge in [-0.3, -0.25) is 4.79 Å². The molecular weight excluding hydrogens is 291 g/mol. The summed E-state index contributed by atoms with van der Waals surface area (Å²) in [6.45, 7) is -1.99. The van der Waals surface area contributed by atoms with E-state index in [-0.39, 0.29) is 11.3 Å². The fourth-order valence-corrected chi connectivity index (χ4v) is 1.53. The van der Waals surface area contributed by atoms with Crippen molar-refractivity contribution in [2.24, 2.45) is 0 Å². The lowest BCUT2D eigenvalue weighted by molar-refractivity contribution is -0.139. The third kappa shape index (κ3) is 4.51. The summed E-state index contributed by atoms with van der Waals surface area (Å²) in [6, 6.07) is 7.31. The zero-order valence-corrected chi connectivity index (χ0v) is 10.6. The molecule has 0 saturated heterocycles. The van der Waals surface area contributed by atoms with Crippen molar-refractivity contribution in [1.29, 1.82) is 0 Å². The fraction of sp³-hybridized carbons (Fsp3) is 0.231. The summed E-state index contributed by atoms with van der Waals surface area (Å²) < 4.78 is 45.6. The zero-order valence-electron chi connectivity index (χ0n) is 10.6. The number of hydrogen-bond acceptors (Lipinski definition) is 4. The maximum absolute atomic E-state index is 11.9. The largest absolute Gasteiger partial charge is 0.484 e. The summed E-state index contributed by atoms with van der Waals surface area (Å²) in [6.07, 6.45) is -4.47. The zero-order chi connectivity index (χ0) is 15.5. The highest BCUT2D eigenvalue weighted by Crippen LogP contribution is 2.19. The van der Waals surface area contributed by atoms with Crippen LogP contribution in [0.5, 0.6) is 5.75 Å². The Morgan fingerprint density at radius 1 is 1.24 bits per heavy atom. The summed E-state index contributed by atoms with van der Waals surface area (Å²) in [5, 5.41) is 2.33. The predicted molar refractivity (Wildman–Crippen MR) is 67.0 cm³/mol. The molecular formula is C13H10F3NO4. The third-order valence-corrected chi connectivity index (χ3v) is 2.45. The van der Waals surface area contributed by atoms with Crippen molar-refractivity contribution in [3.05, 3.63) is 40.8 Å². The lowest BCUT2D eigenvalue weighted by Crippen LogP contribution is -2.36. The van der Waals surface area contributed by atoms with Gasteiger partial charge in [0.1, 0.15) is 17.9 Å². The Bertz CT molecular complexity index is 708. The second-order valence-electron chi connectivity index (χ2n) is 4.13.